The lowest BCUT2D eigenvalue weighted by molar-refractivity contribution is -0.122. The maximum Gasteiger partial charge on any atom is 0.221 e. The van der Waals surface area contributed by atoms with E-state index >= 15 is 0 Å². The van der Waals surface area contributed by atoms with E-state index in [1.165, 1.54) is 12.8 Å². The highest BCUT2D eigenvalue weighted by Gasteiger charge is 2.13. The Morgan fingerprint density at radius 1 is 1.27 bits per heavy atom. The maximum atomic E-state index is 11.5. The lowest BCUT2D eigenvalue weighted by atomic mass is 10.1. The molecule has 15 heavy (non-hydrogen) atoms. The fraction of sp³-hybridized carbons (Fsp3) is 0.917. The molecule has 0 aromatic rings. The Morgan fingerprint density at radius 3 is 2.33 bits per heavy atom. The molecule has 1 amide bonds. The average Bonchev–Trinajstić information content (AvgIpc) is 2.08. The van der Waals surface area contributed by atoms with Crippen LogP contribution >= 0.6 is 0 Å². The molecule has 90 valence electrons. The van der Waals surface area contributed by atoms with Gasteiger partial charge >= 0.3 is 0 Å². The first kappa shape index (κ1) is 14.4. The largest absolute Gasteiger partial charge is 0.351 e. The van der Waals surface area contributed by atoms with Crippen LogP contribution in [0.2, 0.25) is 0 Å². The number of hydrogen-bond donors (Lipinski definition) is 1. The van der Waals surface area contributed by atoms with Gasteiger partial charge in [-0.25, -0.2) is 0 Å². The van der Waals surface area contributed by atoms with E-state index in [1.54, 1.807) is 0 Å². The first-order valence-electron chi connectivity index (χ1n) is 5.84. The highest BCUT2D eigenvalue weighted by atomic mass is 16.1. The number of amides is 1. The number of rotatable bonds is 6. The van der Waals surface area contributed by atoms with Crippen molar-refractivity contribution in [2.24, 2.45) is 0 Å². The minimum atomic E-state index is -0.112. The average molecular weight is 214 g/mol. The third-order valence-corrected chi connectivity index (χ3v) is 2.13. The molecule has 0 fully saturated rings. The Labute approximate surface area is 94.2 Å². The molecule has 0 rings (SSSR count). The molecule has 0 aliphatic heterocycles. The van der Waals surface area contributed by atoms with Crippen molar-refractivity contribution in [3.05, 3.63) is 0 Å². The van der Waals surface area contributed by atoms with Gasteiger partial charge in [-0.3, -0.25) is 4.79 Å². The molecule has 0 spiro atoms. The number of unbranched alkanes of at least 4 members (excludes halogenated alkanes) is 1. The molecule has 0 unspecified atom stereocenters. The zero-order chi connectivity index (χ0) is 11.9. The van der Waals surface area contributed by atoms with Crippen LogP contribution in [0.4, 0.5) is 0 Å². The van der Waals surface area contributed by atoms with Gasteiger partial charge in [0.1, 0.15) is 0 Å². The normalized spacial score (nSPS) is 11.9. The first-order chi connectivity index (χ1) is 6.85. The third kappa shape index (κ3) is 9.73. The Kier molecular flexibility index (Phi) is 6.57. The van der Waals surface area contributed by atoms with Crippen LogP contribution in [0.3, 0.4) is 0 Å². The van der Waals surface area contributed by atoms with Gasteiger partial charge in [-0.05, 0) is 40.8 Å². The van der Waals surface area contributed by atoms with Gasteiger partial charge in [-0.2, -0.15) is 0 Å². The summed E-state index contributed by atoms with van der Waals surface area (Å²) in [5.41, 5.74) is -0.112. The van der Waals surface area contributed by atoms with E-state index in [9.17, 15) is 4.79 Å². The monoisotopic (exact) mass is 214 g/mol. The van der Waals surface area contributed by atoms with Gasteiger partial charge in [0.25, 0.3) is 0 Å². The van der Waals surface area contributed by atoms with Crippen molar-refractivity contribution >= 4 is 5.91 Å². The summed E-state index contributed by atoms with van der Waals surface area (Å²) in [5.74, 6) is 0.144. The van der Waals surface area contributed by atoms with E-state index in [4.69, 9.17) is 0 Å². The quantitative estimate of drug-likeness (QED) is 0.733. The van der Waals surface area contributed by atoms with Crippen molar-refractivity contribution in [3.63, 3.8) is 0 Å². The van der Waals surface area contributed by atoms with Crippen LogP contribution in [0.15, 0.2) is 0 Å². The van der Waals surface area contributed by atoms with Crippen LogP contribution in [0.25, 0.3) is 0 Å². The lowest BCUT2D eigenvalue weighted by Crippen LogP contribution is -2.41. The second kappa shape index (κ2) is 6.83. The topological polar surface area (TPSA) is 32.3 Å². The molecule has 0 heterocycles. The number of nitrogens with one attached hydrogen (secondary N) is 1. The Balaban J connectivity index is 3.62. The molecular weight excluding hydrogens is 188 g/mol. The standard InChI is InChI=1S/C12H26N2O/c1-6-7-9-14(5)10-8-11(15)13-12(2,3)4/h6-10H2,1-5H3,(H,13,15). The molecule has 0 atom stereocenters. The first-order valence-corrected chi connectivity index (χ1v) is 5.84. The van der Waals surface area contributed by atoms with Gasteiger partial charge in [0.05, 0.1) is 0 Å². The fourth-order valence-corrected chi connectivity index (χ4v) is 1.31. The molecule has 0 aromatic heterocycles. The molecule has 3 heteroatoms. The number of nitrogens with zero attached hydrogens (tertiary/aromatic N) is 1. The van der Waals surface area contributed by atoms with Crippen LogP contribution in [0, 0.1) is 0 Å². The Hall–Kier alpha value is -0.570. The predicted octanol–water partition coefficient (Wildman–Crippen LogP) is 2.02. The smallest absolute Gasteiger partial charge is 0.221 e. The highest BCUT2D eigenvalue weighted by Crippen LogP contribution is 2.00. The minimum absolute atomic E-state index is 0.112. The van der Waals surface area contributed by atoms with E-state index in [-0.39, 0.29) is 11.4 Å². The molecule has 0 aliphatic carbocycles. The molecule has 0 saturated carbocycles. The van der Waals surface area contributed by atoms with Crippen molar-refractivity contribution in [1.29, 1.82) is 0 Å². The van der Waals surface area contributed by atoms with E-state index in [1.807, 2.05) is 20.8 Å². The zero-order valence-electron chi connectivity index (χ0n) is 10.9. The van der Waals surface area contributed by atoms with Gasteiger partial charge in [0.15, 0.2) is 0 Å². The number of hydrogen-bond acceptors (Lipinski definition) is 2. The molecule has 3 nitrogen and oxygen atoms in total. The van der Waals surface area contributed by atoms with E-state index in [0.717, 1.165) is 13.1 Å². The predicted molar refractivity (Wildman–Crippen MR) is 64.9 cm³/mol. The SMILES string of the molecule is CCCCN(C)CCC(=O)NC(C)(C)C. The zero-order valence-corrected chi connectivity index (χ0v) is 10.9. The molecule has 0 radical (unpaired) electrons. The van der Waals surface area contributed by atoms with Crippen LogP contribution in [0.5, 0.6) is 0 Å². The van der Waals surface area contributed by atoms with E-state index < -0.39 is 0 Å². The number of carbonyl (C=O) groups excluding carboxylic acids is 1. The summed E-state index contributed by atoms with van der Waals surface area (Å²) in [7, 11) is 2.07. The van der Waals surface area contributed by atoms with Crippen LogP contribution in [0.1, 0.15) is 47.0 Å². The summed E-state index contributed by atoms with van der Waals surface area (Å²) in [6.45, 7) is 10.1. The van der Waals surface area contributed by atoms with Gasteiger partial charge in [-0.1, -0.05) is 13.3 Å². The number of carbonyl (C=O) groups is 1. The van der Waals surface area contributed by atoms with Gasteiger partial charge < -0.3 is 10.2 Å². The molecule has 0 aromatic carbocycles. The summed E-state index contributed by atoms with van der Waals surface area (Å²) in [6, 6.07) is 0. The van der Waals surface area contributed by atoms with E-state index in [2.05, 4.69) is 24.2 Å². The van der Waals surface area contributed by atoms with Crippen LogP contribution < -0.4 is 5.32 Å². The molecule has 1 N–H and O–H groups in total. The minimum Gasteiger partial charge on any atom is -0.351 e. The highest BCUT2D eigenvalue weighted by molar-refractivity contribution is 5.76. The second-order valence-electron chi connectivity index (χ2n) is 5.21. The van der Waals surface area contributed by atoms with Crippen molar-refractivity contribution in [1.82, 2.24) is 10.2 Å². The Morgan fingerprint density at radius 2 is 1.87 bits per heavy atom. The summed E-state index contributed by atoms with van der Waals surface area (Å²) in [6.07, 6.45) is 3.01. The summed E-state index contributed by atoms with van der Waals surface area (Å²) in [5, 5.41) is 2.96. The summed E-state index contributed by atoms with van der Waals surface area (Å²) in [4.78, 5) is 13.7. The van der Waals surface area contributed by atoms with Crippen LogP contribution in [-0.2, 0) is 4.79 Å². The molecular formula is C12H26N2O. The summed E-state index contributed by atoms with van der Waals surface area (Å²) < 4.78 is 0. The Bertz CT molecular complexity index is 185. The van der Waals surface area contributed by atoms with E-state index in [0.29, 0.717) is 6.42 Å². The van der Waals surface area contributed by atoms with Crippen molar-refractivity contribution in [3.8, 4) is 0 Å². The van der Waals surface area contributed by atoms with Crippen molar-refractivity contribution in [2.45, 2.75) is 52.5 Å². The van der Waals surface area contributed by atoms with Crippen molar-refractivity contribution < 1.29 is 4.79 Å². The van der Waals surface area contributed by atoms with Crippen molar-refractivity contribution in [2.75, 3.05) is 20.1 Å². The van der Waals surface area contributed by atoms with Gasteiger partial charge in [0, 0.05) is 18.5 Å². The third-order valence-electron chi connectivity index (χ3n) is 2.13. The summed E-state index contributed by atoms with van der Waals surface area (Å²) >= 11 is 0. The molecule has 0 bridgehead atoms. The maximum absolute atomic E-state index is 11.5. The van der Waals surface area contributed by atoms with Gasteiger partial charge in [-0.15, -0.1) is 0 Å². The van der Waals surface area contributed by atoms with Crippen LogP contribution in [-0.4, -0.2) is 36.5 Å². The lowest BCUT2D eigenvalue weighted by Gasteiger charge is -2.22. The molecule has 0 aliphatic rings. The van der Waals surface area contributed by atoms with Gasteiger partial charge in [0.2, 0.25) is 5.91 Å². The molecule has 0 saturated heterocycles. The fourth-order valence-electron chi connectivity index (χ4n) is 1.31. The second-order valence-corrected chi connectivity index (χ2v) is 5.21.